The van der Waals surface area contributed by atoms with E-state index in [1.165, 1.54) is 6.26 Å². The maximum atomic E-state index is 12.6. The Bertz CT molecular complexity index is 1010. The van der Waals surface area contributed by atoms with Gasteiger partial charge in [0.1, 0.15) is 6.26 Å². The highest BCUT2D eigenvalue weighted by molar-refractivity contribution is 6.04. The summed E-state index contributed by atoms with van der Waals surface area (Å²) in [7, 11) is 0. The minimum atomic E-state index is -0.276. The molecular formula is C23H23N3O4. The molecule has 154 valence electrons. The molecule has 0 saturated carbocycles. The van der Waals surface area contributed by atoms with Gasteiger partial charge in [0.15, 0.2) is 0 Å². The molecule has 0 bridgehead atoms. The van der Waals surface area contributed by atoms with E-state index in [1.54, 1.807) is 24.3 Å². The summed E-state index contributed by atoms with van der Waals surface area (Å²) in [6.07, 6.45) is 3.54. The molecule has 1 fully saturated rings. The van der Waals surface area contributed by atoms with E-state index in [2.05, 4.69) is 15.6 Å². The van der Waals surface area contributed by atoms with E-state index in [0.29, 0.717) is 29.4 Å². The third-order valence-electron chi connectivity index (χ3n) is 4.87. The number of benzene rings is 2. The lowest BCUT2D eigenvalue weighted by atomic mass is 10.1. The van der Waals surface area contributed by atoms with Crippen molar-refractivity contribution in [2.75, 3.05) is 18.5 Å². The van der Waals surface area contributed by atoms with Gasteiger partial charge in [-0.25, -0.2) is 4.98 Å². The van der Waals surface area contributed by atoms with Crippen molar-refractivity contribution in [3.05, 3.63) is 72.1 Å². The number of hydrogen-bond donors (Lipinski definition) is 2. The van der Waals surface area contributed by atoms with Gasteiger partial charge in [0, 0.05) is 18.7 Å². The fourth-order valence-corrected chi connectivity index (χ4v) is 3.36. The van der Waals surface area contributed by atoms with Crippen LogP contribution in [0.25, 0.3) is 11.5 Å². The molecule has 0 aliphatic carbocycles. The van der Waals surface area contributed by atoms with Gasteiger partial charge in [-0.15, -0.1) is 0 Å². The Labute approximate surface area is 174 Å². The van der Waals surface area contributed by atoms with Gasteiger partial charge in [0.05, 0.1) is 29.5 Å². The molecule has 1 aliphatic heterocycles. The van der Waals surface area contributed by atoms with Crippen LogP contribution in [0.4, 0.5) is 5.69 Å². The lowest BCUT2D eigenvalue weighted by Crippen LogP contribution is -2.32. The Hall–Kier alpha value is -3.45. The van der Waals surface area contributed by atoms with Crippen LogP contribution in [0.5, 0.6) is 0 Å². The number of nitrogens with zero attached hydrogens (tertiary/aromatic N) is 1. The average molecular weight is 405 g/mol. The van der Waals surface area contributed by atoms with Crippen molar-refractivity contribution in [3.8, 4) is 11.5 Å². The summed E-state index contributed by atoms with van der Waals surface area (Å²) < 4.78 is 11.0. The number of hydrogen-bond acceptors (Lipinski definition) is 5. The molecule has 0 spiro atoms. The number of oxazole rings is 1. The average Bonchev–Trinajstić information content (AvgIpc) is 3.45. The molecule has 30 heavy (non-hydrogen) atoms. The van der Waals surface area contributed by atoms with Crippen LogP contribution in [0.3, 0.4) is 0 Å². The minimum absolute atomic E-state index is 0.0439. The number of ether oxygens (including phenoxy) is 1. The zero-order valence-corrected chi connectivity index (χ0v) is 16.5. The van der Waals surface area contributed by atoms with Crippen molar-refractivity contribution >= 4 is 17.5 Å². The van der Waals surface area contributed by atoms with Crippen LogP contribution in [-0.2, 0) is 16.0 Å². The fraction of sp³-hybridized carbons (Fsp3) is 0.261. The number of carbonyl (C=O) groups excluding carboxylic acids is 2. The lowest BCUT2D eigenvalue weighted by Gasteiger charge is -2.13. The van der Waals surface area contributed by atoms with Crippen LogP contribution in [0.1, 0.15) is 28.9 Å². The SMILES string of the molecule is O=C(Cc1coc(-c2ccccc2)n1)Nc1ccccc1C(=O)NCC1CCCO1. The first-order valence-electron chi connectivity index (χ1n) is 9.97. The minimum Gasteiger partial charge on any atom is -0.444 e. The molecule has 2 amide bonds. The third kappa shape index (κ3) is 4.93. The summed E-state index contributed by atoms with van der Waals surface area (Å²) in [4.78, 5) is 29.5. The predicted octanol–water partition coefficient (Wildman–Crippen LogP) is 3.43. The number of para-hydroxylation sites is 1. The highest BCUT2D eigenvalue weighted by atomic mass is 16.5. The second-order valence-corrected chi connectivity index (χ2v) is 7.13. The van der Waals surface area contributed by atoms with Gasteiger partial charge in [-0.1, -0.05) is 30.3 Å². The highest BCUT2D eigenvalue weighted by Crippen LogP contribution is 2.19. The van der Waals surface area contributed by atoms with Crippen LogP contribution < -0.4 is 10.6 Å². The highest BCUT2D eigenvalue weighted by Gasteiger charge is 2.19. The number of nitrogens with one attached hydrogen (secondary N) is 2. The normalized spacial score (nSPS) is 15.7. The van der Waals surface area contributed by atoms with E-state index in [0.717, 1.165) is 25.0 Å². The first-order chi connectivity index (χ1) is 14.7. The van der Waals surface area contributed by atoms with Crippen LogP contribution in [0.2, 0.25) is 0 Å². The Balaban J connectivity index is 1.37. The Kier molecular flexibility index (Phi) is 6.20. The van der Waals surface area contributed by atoms with E-state index >= 15 is 0 Å². The van der Waals surface area contributed by atoms with E-state index in [1.807, 2.05) is 30.3 Å². The second kappa shape index (κ2) is 9.37. The van der Waals surface area contributed by atoms with Crippen molar-refractivity contribution in [1.82, 2.24) is 10.3 Å². The van der Waals surface area contributed by atoms with Crippen molar-refractivity contribution in [3.63, 3.8) is 0 Å². The van der Waals surface area contributed by atoms with Crippen molar-refractivity contribution in [1.29, 1.82) is 0 Å². The monoisotopic (exact) mass is 405 g/mol. The van der Waals surface area contributed by atoms with Crippen molar-refractivity contribution < 1.29 is 18.7 Å². The molecule has 1 unspecified atom stereocenters. The Morgan fingerprint density at radius 1 is 1.07 bits per heavy atom. The smallest absolute Gasteiger partial charge is 0.253 e. The maximum Gasteiger partial charge on any atom is 0.253 e. The second-order valence-electron chi connectivity index (χ2n) is 7.13. The van der Waals surface area contributed by atoms with E-state index in [4.69, 9.17) is 9.15 Å². The number of amides is 2. The molecule has 1 aliphatic rings. The van der Waals surface area contributed by atoms with Crippen LogP contribution in [-0.4, -0.2) is 36.1 Å². The Morgan fingerprint density at radius 2 is 1.87 bits per heavy atom. The van der Waals surface area contributed by atoms with E-state index < -0.39 is 0 Å². The summed E-state index contributed by atoms with van der Waals surface area (Å²) in [5, 5.41) is 5.69. The first kappa shape index (κ1) is 19.8. The quantitative estimate of drug-likeness (QED) is 0.628. The molecule has 1 aromatic heterocycles. The number of aromatic nitrogens is 1. The number of carbonyl (C=O) groups is 2. The number of rotatable bonds is 7. The number of anilines is 1. The summed E-state index contributed by atoms with van der Waals surface area (Å²) in [6, 6.07) is 16.4. The van der Waals surface area contributed by atoms with Gasteiger partial charge in [-0.3, -0.25) is 9.59 Å². The van der Waals surface area contributed by atoms with Crippen molar-refractivity contribution in [2.45, 2.75) is 25.4 Å². The van der Waals surface area contributed by atoms with Crippen LogP contribution in [0, 0.1) is 0 Å². The van der Waals surface area contributed by atoms with Gasteiger partial charge >= 0.3 is 0 Å². The lowest BCUT2D eigenvalue weighted by molar-refractivity contribution is -0.115. The van der Waals surface area contributed by atoms with E-state index in [-0.39, 0.29) is 24.3 Å². The summed E-state index contributed by atoms with van der Waals surface area (Å²) >= 11 is 0. The largest absolute Gasteiger partial charge is 0.444 e. The molecule has 2 heterocycles. The molecule has 3 aromatic rings. The van der Waals surface area contributed by atoms with Gasteiger partial charge in [0.2, 0.25) is 11.8 Å². The maximum absolute atomic E-state index is 12.6. The summed E-state index contributed by atoms with van der Waals surface area (Å²) in [6.45, 7) is 1.20. The zero-order chi connectivity index (χ0) is 20.8. The molecule has 7 nitrogen and oxygen atoms in total. The molecular weight excluding hydrogens is 382 g/mol. The van der Waals surface area contributed by atoms with Gasteiger partial charge < -0.3 is 19.8 Å². The zero-order valence-electron chi connectivity index (χ0n) is 16.5. The molecule has 2 aromatic carbocycles. The van der Waals surface area contributed by atoms with E-state index in [9.17, 15) is 9.59 Å². The molecule has 7 heteroatoms. The first-order valence-corrected chi connectivity index (χ1v) is 9.97. The summed E-state index contributed by atoms with van der Waals surface area (Å²) in [5.41, 5.74) is 2.23. The fourth-order valence-electron chi connectivity index (χ4n) is 3.36. The molecule has 1 saturated heterocycles. The Morgan fingerprint density at radius 3 is 2.67 bits per heavy atom. The summed E-state index contributed by atoms with van der Waals surface area (Å²) in [5.74, 6) is -0.0520. The molecule has 0 radical (unpaired) electrons. The standard InChI is InChI=1S/C23H23N3O4/c27-21(13-17-15-30-23(25-17)16-7-2-1-3-8-16)26-20-11-5-4-10-19(20)22(28)24-14-18-9-6-12-29-18/h1-5,7-8,10-11,15,18H,6,9,12-14H2,(H,24,28)(H,26,27). The van der Waals surface area contributed by atoms with Gasteiger partial charge in [-0.2, -0.15) is 0 Å². The molecule has 4 rings (SSSR count). The topological polar surface area (TPSA) is 93.5 Å². The molecule has 1 atom stereocenters. The van der Waals surface area contributed by atoms with Crippen LogP contribution in [0.15, 0.2) is 65.3 Å². The predicted molar refractivity (Wildman–Crippen MR) is 112 cm³/mol. The van der Waals surface area contributed by atoms with Crippen molar-refractivity contribution in [2.24, 2.45) is 0 Å². The molecule has 2 N–H and O–H groups in total. The van der Waals surface area contributed by atoms with Gasteiger partial charge in [-0.05, 0) is 37.1 Å². The third-order valence-corrected chi connectivity index (χ3v) is 4.87. The van der Waals surface area contributed by atoms with Gasteiger partial charge in [0.25, 0.3) is 5.91 Å². The van der Waals surface area contributed by atoms with Crippen LogP contribution >= 0.6 is 0 Å².